The predicted octanol–water partition coefficient (Wildman–Crippen LogP) is 2.07. The molecule has 0 saturated carbocycles. The van der Waals surface area contributed by atoms with Crippen molar-refractivity contribution in [2.75, 3.05) is 25.9 Å². The summed E-state index contributed by atoms with van der Waals surface area (Å²) in [5.41, 5.74) is 1.22. The average molecular weight is 317 g/mol. The van der Waals surface area contributed by atoms with Gasteiger partial charge in [0.05, 0.1) is 6.26 Å². The molecular weight excluding hydrogens is 296 g/mol. The van der Waals surface area contributed by atoms with Crippen LogP contribution in [0.1, 0.15) is 24.8 Å². The zero-order chi connectivity index (χ0) is 14.8. The Morgan fingerprint density at radius 2 is 2.25 bits per heavy atom. The van der Waals surface area contributed by atoms with E-state index in [-0.39, 0.29) is 6.04 Å². The number of rotatable bonds is 5. The van der Waals surface area contributed by atoms with Crippen molar-refractivity contribution in [1.82, 2.24) is 9.62 Å². The Morgan fingerprint density at radius 3 is 2.90 bits per heavy atom. The molecule has 0 aliphatic carbocycles. The molecule has 0 spiro atoms. The molecule has 0 bridgehead atoms. The Bertz CT molecular complexity index is 562. The summed E-state index contributed by atoms with van der Waals surface area (Å²) in [6.45, 7) is 4.79. The lowest BCUT2D eigenvalue weighted by Crippen LogP contribution is -2.36. The average Bonchev–Trinajstić information content (AvgIpc) is 2.74. The number of hydrogen-bond donors (Lipinski definition) is 1. The minimum atomic E-state index is -3.11. The van der Waals surface area contributed by atoms with Gasteiger partial charge < -0.3 is 4.90 Å². The van der Waals surface area contributed by atoms with Crippen molar-refractivity contribution in [2.45, 2.75) is 25.3 Å². The number of sulfonamides is 1. The molecule has 0 aromatic heterocycles. The van der Waals surface area contributed by atoms with Gasteiger partial charge in [-0.25, -0.2) is 13.1 Å². The maximum atomic E-state index is 11.2. The second-order valence-electron chi connectivity index (χ2n) is 5.59. The van der Waals surface area contributed by atoms with Gasteiger partial charge in [-0.1, -0.05) is 30.7 Å². The van der Waals surface area contributed by atoms with Gasteiger partial charge in [-0.15, -0.1) is 0 Å². The molecule has 1 aliphatic heterocycles. The van der Waals surface area contributed by atoms with Crippen LogP contribution in [0.15, 0.2) is 24.3 Å². The van der Waals surface area contributed by atoms with E-state index >= 15 is 0 Å². The summed E-state index contributed by atoms with van der Waals surface area (Å²) in [6, 6.07) is 7.95. The van der Waals surface area contributed by atoms with Gasteiger partial charge in [-0.3, -0.25) is 0 Å². The van der Waals surface area contributed by atoms with Gasteiger partial charge in [0.1, 0.15) is 0 Å². The van der Waals surface area contributed by atoms with Crippen molar-refractivity contribution in [3.05, 3.63) is 34.9 Å². The number of nitrogens with zero attached hydrogens (tertiary/aromatic N) is 1. The van der Waals surface area contributed by atoms with Gasteiger partial charge in [0.15, 0.2) is 0 Å². The van der Waals surface area contributed by atoms with E-state index in [2.05, 4.69) is 22.6 Å². The summed E-state index contributed by atoms with van der Waals surface area (Å²) in [6.07, 6.45) is 2.08. The Hall–Kier alpha value is -0.620. The van der Waals surface area contributed by atoms with E-state index in [1.807, 2.05) is 18.2 Å². The highest BCUT2D eigenvalue weighted by atomic mass is 35.5. The maximum Gasteiger partial charge on any atom is 0.208 e. The van der Waals surface area contributed by atoms with E-state index in [0.717, 1.165) is 31.1 Å². The van der Waals surface area contributed by atoms with Crippen LogP contribution in [0.25, 0.3) is 0 Å². The molecule has 0 unspecified atom stereocenters. The first kappa shape index (κ1) is 15.8. The molecule has 4 nitrogen and oxygen atoms in total. The van der Waals surface area contributed by atoms with Crippen molar-refractivity contribution in [2.24, 2.45) is 0 Å². The second kappa shape index (κ2) is 6.43. The molecule has 1 aliphatic rings. The number of hydrogen-bond acceptors (Lipinski definition) is 3. The third-order valence-electron chi connectivity index (χ3n) is 3.60. The molecule has 2 atom stereocenters. The van der Waals surface area contributed by atoms with Crippen molar-refractivity contribution < 1.29 is 8.42 Å². The SMILES string of the molecule is C[C@@H](CN1CC[C@@H](NS(C)(=O)=O)C1)c1cccc(Cl)c1. The first-order valence-electron chi connectivity index (χ1n) is 6.78. The molecule has 1 saturated heterocycles. The molecular formula is C14H21ClN2O2S. The third-order valence-corrected chi connectivity index (χ3v) is 4.60. The summed E-state index contributed by atoms with van der Waals surface area (Å²) in [7, 11) is -3.11. The van der Waals surface area contributed by atoms with E-state index in [0.29, 0.717) is 5.92 Å². The summed E-state index contributed by atoms with van der Waals surface area (Å²) < 4.78 is 25.1. The van der Waals surface area contributed by atoms with E-state index in [1.165, 1.54) is 11.8 Å². The highest BCUT2D eigenvalue weighted by molar-refractivity contribution is 7.88. The fourth-order valence-corrected chi connectivity index (χ4v) is 3.70. The largest absolute Gasteiger partial charge is 0.301 e. The highest BCUT2D eigenvalue weighted by Crippen LogP contribution is 2.22. The summed E-state index contributed by atoms with van der Waals surface area (Å²) >= 11 is 6.01. The van der Waals surface area contributed by atoms with E-state index < -0.39 is 10.0 Å². The number of nitrogens with one attached hydrogen (secondary N) is 1. The topological polar surface area (TPSA) is 49.4 Å². The van der Waals surface area contributed by atoms with Crippen molar-refractivity contribution in [3.63, 3.8) is 0 Å². The Kier molecular flexibility index (Phi) is 5.07. The number of halogens is 1. The first-order valence-corrected chi connectivity index (χ1v) is 9.05. The van der Waals surface area contributed by atoms with Gasteiger partial charge in [0.25, 0.3) is 0 Å². The van der Waals surface area contributed by atoms with Gasteiger partial charge in [0, 0.05) is 24.2 Å². The lowest BCUT2D eigenvalue weighted by Gasteiger charge is -2.21. The monoisotopic (exact) mass is 316 g/mol. The van der Waals surface area contributed by atoms with E-state index in [4.69, 9.17) is 11.6 Å². The minimum Gasteiger partial charge on any atom is -0.301 e. The summed E-state index contributed by atoms with van der Waals surface area (Å²) in [5, 5.41) is 0.757. The molecule has 1 aromatic carbocycles. The van der Waals surface area contributed by atoms with E-state index in [9.17, 15) is 8.42 Å². The van der Waals surface area contributed by atoms with Gasteiger partial charge in [-0.2, -0.15) is 0 Å². The minimum absolute atomic E-state index is 0.0385. The second-order valence-corrected chi connectivity index (χ2v) is 7.81. The van der Waals surface area contributed by atoms with Crippen LogP contribution in [0.3, 0.4) is 0 Å². The predicted molar refractivity (Wildman–Crippen MR) is 82.7 cm³/mol. The number of benzene rings is 1. The molecule has 112 valence electrons. The van der Waals surface area contributed by atoms with Crippen LogP contribution >= 0.6 is 11.6 Å². The van der Waals surface area contributed by atoms with Gasteiger partial charge in [-0.05, 0) is 36.6 Å². The van der Waals surface area contributed by atoms with Crippen LogP contribution in [0, 0.1) is 0 Å². The molecule has 1 aromatic rings. The van der Waals surface area contributed by atoms with Crippen molar-refractivity contribution >= 4 is 21.6 Å². The van der Waals surface area contributed by atoms with Crippen LogP contribution < -0.4 is 4.72 Å². The maximum absolute atomic E-state index is 11.2. The zero-order valence-electron chi connectivity index (χ0n) is 11.8. The van der Waals surface area contributed by atoms with Crippen molar-refractivity contribution in [1.29, 1.82) is 0 Å². The molecule has 0 amide bonds. The van der Waals surface area contributed by atoms with Gasteiger partial charge >= 0.3 is 0 Å². The first-order chi connectivity index (χ1) is 9.33. The van der Waals surface area contributed by atoms with E-state index in [1.54, 1.807) is 0 Å². The normalized spacial score (nSPS) is 22.1. The highest BCUT2D eigenvalue weighted by Gasteiger charge is 2.25. The summed E-state index contributed by atoms with van der Waals surface area (Å²) in [5.74, 6) is 0.380. The quantitative estimate of drug-likeness (QED) is 0.904. The molecule has 1 N–H and O–H groups in total. The Labute approximate surface area is 126 Å². The molecule has 1 heterocycles. The lowest BCUT2D eigenvalue weighted by atomic mass is 10.0. The van der Waals surface area contributed by atoms with Crippen LogP contribution in [0.4, 0.5) is 0 Å². The molecule has 20 heavy (non-hydrogen) atoms. The Balaban J connectivity index is 1.89. The van der Waals surface area contributed by atoms with Crippen LogP contribution in [0.2, 0.25) is 5.02 Å². The smallest absolute Gasteiger partial charge is 0.208 e. The van der Waals surface area contributed by atoms with Crippen LogP contribution in [-0.4, -0.2) is 45.2 Å². The Morgan fingerprint density at radius 1 is 1.50 bits per heavy atom. The fraction of sp³-hybridized carbons (Fsp3) is 0.571. The van der Waals surface area contributed by atoms with Crippen LogP contribution in [0.5, 0.6) is 0 Å². The molecule has 1 fully saturated rings. The standard InChI is InChI=1S/C14H21ClN2O2S/c1-11(12-4-3-5-13(15)8-12)9-17-7-6-14(10-17)16-20(2,18)19/h3-5,8,11,14,16H,6-7,9-10H2,1-2H3/t11-,14+/m0/s1. The van der Waals surface area contributed by atoms with Gasteiger partial charge in [0.2, 0.25) is 10.0 Å². The summed E-state index contributed by atoms with van der Waals surface area (Å²) in [4.78, 5) is 2.30. The lowest BCUT2D eigenvalue weighted by molar-refractivity contribution is 0.315. The number of likely N-dealkylation sites (tertiary alicyclic amines) is 1. The van der Waals surface area contributed by atoms with Crippen LogP contribution in [-0.2, 0) is 10.0 Å². The molecule has 0 radical (unpaired) electrons. The van der Waals surface area contributed by atoms with Crippen molar-refractivity contribution in [3.8, 4) is 0 Å². The zero-order valence-corrected chi connectivity index (χ0v) is 13.4. The molecule has 6 heteroatoms. The molecule has 2 rings (SSSR count). The third kappa shape index (κ3) is 4.74. The fourth-order valence-electron chi connectivity index (χ4n) is 2.70.